The molecular formula is C11H17N3O2S. The van der Waals surface area contributed by atoms with Crippen molar-refractivity contribution in [3.63, 3.8) is 0 Å². The highest BCUT2D eigenvalue weighted by Gasteiger charge is 2.28. The number of esters is 1. The number of carbonyl (C=O) groups excluding carboxylic acids is 1. The van der Waals surface area contributed by atoms with Crippen LogP contribution in [0.25, 0.3) is 0 Å². The predicted octanol–water partition coefficient (Wildman–Crippen LogP) is 1.63. The van der Waals surface area contributed by atoms with Crippen molar-refractivity contribution < 1.29 is 9.53 Å². The molecule has 94 valence electrons. The normalized spacial score (nSPS) is 20.4. The van der Waals surface area contributed by atoms with Gasteiger partial charge in [0, 0.05) is 24.6 Å². The van der Waals surface area contributed by atoms with Gasteiger partial charge < -0.3 is 9.64 Å². The minimum atomic E-state index is -0.0848. The molecule has 1 atom stereocenters. The van der Waals surface area contributed by atoms with Crippen LogP contribution in [-0.2, 0) is 9.53 Å². The van der Waals surface area contributed by atoms with Gasteiger partial charge in [-0.3, -0.25) is 4.79 Å². The lowest BCUT2D eigenvalue weighted by atomic mass is 9.99. The van der Waals surface area contributed by atoms with Gasteiger partial charge in [-0.1, -0.05) is 0 Å². The van der Waals surface area contributed by atoms with Crippen molar-refractivity contribution in [3.05, 3.63) is 5.82 Å². The van der Waals surface area contributed by atoms with Gasteiger partial charge in [0.2, 0.25) is 5.13 Å². The van der Waals surface area contributed by atoms with Gasteiger partial charge in [-0.05, 0) is 26.7 Å². The summed E-state index contributed by atoms with van der Waals surface area (Å²) in [5.74, 6) is 0.689. The molecule has 0 unspecified atom stereocenters. The summed E-state index contributed by atoms with van der Waals surface area (Å²) in [4.78, 5) is 18.2. The number of aromatic nitrogens is 2. The first-order valence-electron chi connectivity index (χ1n) is 5.92. The summed E-state index contributed by atoms with van der Waals surface area (Å²) >= 11 is 1.40. The summed E-state index contributed by atoms with van der Waals surface area (Å²) in [6.45, 7) is 5.82. The molecule has 0 spiro atoms. The van der Waals surface area contributed by atoms with Crippen molar-refractivity contribution in [3.8, 4) is 0 Å². The third-order valence-corrected chi connectivity index (χ3v) is 3.70. The van der Waals surface area contributed by atoms with Gasteiger partial charge in [0.05, 0.1) is 12.5 Å². The van der Waals surface area contributed by atoms with Crippen molar-refractivity contribution in [1.29, 1.82) is 0 Å². The van der Waals surface area contributed by atoms with Crippen molar-refractivity contribution in [2.24, 2.45) is 5.92 Å². The van der Waals surface area contributed by atoms with Gasteiger partial charge >= 0.3 is 5.97 Å². The van der Waals surface area contributed by atoms with E-state index in [9.17, 15) is 4.79 Å². The Morgan fingerprint density at radius 2 is 2.47 bits per heavy atom. The number of anilines is 1. The molecule has 0 amide bonds. The molecule has 0 saturated carbocycles. The fraction of sp³-hybridized carbons (Fsp3) is 0.727. The number of nitrogens with zero attached hydrogens (tertiary/aromatic N) is 3. The second kappa shape index (κ2) is 5.44. The van der Waals surface area contributed by atoms with Gasteiger partial charge in [0.1, 0.15) is 5.82 Å². The lowest BCUT2D eigenvalue weighted by Gasteiger charge is -2.30. The van der Waals surface area contributed by atoms with E-state index in [1.807, 2.05) is 13.8 Å². The quantitative estimate of drug-likeness (QED) is 0.768. The molecule has 17 heavy (non-hydrogen) atoms. The first-order valence-corrected chi connectivity index (χ1v) is 6.70. The van der Waals surface area contributed by atoms with E-state index >= 15 is 0 Å². The van der Waals surface area contributed by atoms with E-state index in [4.69, 9.17) is 4.74 Å². The maximum absolute atomic E-state index is 11.7. The van der Waals surface area contributed by atoms with Gasteiger partial charge in [0.15, 0.2) is 0 Å². The molecule has 1 aliphatic heterocycles. The number of hydrogen-bond acceptors (Lipinski definition) is 6. The zero-order valence-corrected chi connectivity index (χ0v) is 11.0. The fourth-order valence-electron chi connectivity index (χ4n) is 2.02. The van der Waals surface area contributed by atoms with E-state index in [0.29, 0.717) is 13.2 Å². The molecule has 1 saturated heterocycles. The Kier molecular flexibility index (Phi) is 3.93. The molecule has 1 fully saturated rings. The number of carbonyl (C=O) groups is 1. The third-order valence-electron chi connectivity index (χ3n) is 2.83. The second-order valence-electron chi connectivity index (χ2n) is 4.16. The minimum absolute atomic E-state index is 0.0205. The highest BCUT2D eigenvalue weighted by atomic mass is 32.1. The standard InChI is InChI=1S/C11H17N3O2S/c1-3-16-10(15)9-5-4-6-14(7-9)11-12-8(2)13-17-11/h9H,3-7H2,1-2H3/t9-/m1/s1. The Labute approximate surface area is 105 Å². The molecule has 0 aliphatic carbocycles. The first kappa shape index (κ1) is 12.3. The highest BCUT2D eigenvalue weighted by Crippen LogP contribution is 2.25. The molecule has 0 aromatic carbocycles. The number of aryl methyl sites for hydroxylation is 1. The van der Waals surface area contributed by atoms with Gasteiger partial charge in [-0.2, -0.15) is 4.37 Å². The summed E-state index contributed by atoms with van der Waals surface area (Å²) in [7, 11) is 0. The molecule has 2 rings (SSSR count). The summed E-state index contributed by atoms with van der Waals surface area (Å²) in [5.41, 5.74) is 0. The van der Waals surface area contributed by atoms with E-state index in [2.05, 4.69) is 14.3 Å². The van der Waals surface area contributed by atoms with Crippen molar-refractivity contribution in [1.82, 2.24) is 9.36 Å². The van der Waals surface area contributed by atoms with Crippen molar-refractivity contribution >= 4 is 22.6 Å². The minimum Gasteiger partial charge on any atom is -0.466 e. The Morgan fingerprint density at radius 3 is 3.12 bits per heavy atom. The molecule has 1 aromatic heterocycles. The average molecular weight is 255 g/mol. The van der Waals surface area contributed by atoms with Gasteiger partial charge in [-0.15, -0.1) is 0 Å². The molecule has 2 heterocycles. The summed E-state index contributed by atoms with van der Waals surface area (Å²) in [6.07, 6.45) is 1.91. The van der Waals surface area contributed by atoms with E-state index in [-0.39, 0.29) is 11.9 Å². The number of ether oxygens (including phenoxy) is 1. The SMILES string of the molecule is CCOC(=O)[C@@H]1CCCN(c2nc(C)ns2)C1. The van der Waals surface area contributed by atoms with Crippen molar-refractivity contribution in [2.75, 3.05) is 24.6 Å². The Morgan fingerprint density at radius 1 is 1.65 bits per heavy atom. The van der Waals surface area contributed by atoms with Crippen molar-refractivity contribution in [2.45, 2.75) is 26.7 Å². The molecule has 1 aliphatic rings. The number of piperidine rings is 1. The molecule has 6 heteroatoms. The molecule has 1 aromatic rings. The average Bonchev–Trinajstić information content (AvgIpc) is 2.76. The summed E-state index contributed by atoms with van der Waals surface area (Å²) < 4.78 is 9.24. The zero-order chi connectivity index (χ0) is 12.3. The summed E-state index contributed by atoms with van der Waals surface area (Å²) in [5, 5.41) is 0.913. The lowest BCUT2D eigenvalue weighted by Crippen LogP contribution is -2.39. The first-order chi connectivity index (χ1) is 8.20. The van der Waals surface area contributed by atoms with Crippen LogP contribution < -0.4 is 4.90 Å². The smallest absolute Gasteiger partial charge is 0.310 e. The predicted molar refractivity (Wildman–Crippen MR) is 66.2 cm³/mol. The van der Waals surface area contributed by atoms with Crippen LogP contribution in [0.1, 0.15) is 25.6 Å². The summed E-state index contributed by atoms with van der Waals surface area (Å²) in [6, 6.07) is 0. The van der Waals surface area contributed by atoms with Crippen LogP contribution in [0, 0.1) is 12.8 Å². The van der Waals surface area contributed by atoms with Crippen LogP contribution in [0.5, 0.6) is 0 Å². The van der Waals surface area contributed by atoms with Gasteiger partial charge in [-0.25, -0.2) is 4.98 Å². The van der Waals surface area contributed by atoms with E-state index in [1.165, 1.54) is 11.5 Å². The molecule has 0 radical (unpaired) electrons. The zero-order valence-electron chi connectivity index (χ0n) is 10.2. The number of rotatable bonds is 3. The molecule has 0 bridgehead atoms. The van der Waals surface area contributed by atoms with E-state index in [0.717, 1.165) is 30.3 Å². The van der Waals surface area contributed by atoms with Gasteiger partial charge in [0.25, 0.3) is 0 Å². The maximum Gasteiger partial charge on any atom is 0.310 e. The monoisotopic (exact) mass is 255 g/mol. The Balaban J connectivity index is 1.99. The third kappa shape index (κ3) is 2.94. The maximum atomic E-state index is 11.7. The van der Waals surface area contributed by atoms with Crippen LogP contribution in [-0.4, -0.2) is 35.0 Å². The van der Waals surface area contributed by atoms with Crippen LogP contribution in [0.4, 0.5) is 5.13 Å². The lowest BCUT2D eigenvalue weighted by molar-refractivity contribution is -0.148. The Bertz CT molecular complexity index is 394. The van der Waals surface area contributed by atoms with Crippen LogP contribution >= 0.6 is 11.5 Å². The molecule has 5 nitrogen and oxygen atoms in total. The van der Waals surface area contributed by atoms with Crippen LogP contribution in [0.15, 0.2) is 0 Å². The van der Waals surface area contributed by atoms with Crippen LogP contribution in [0.2, 0.25) is 0 Å². The van der Waals surface area contributed by atoms with E-state index < -0.39 is 0 Å². The molecule has 0 N–H and O–H groups in total. The topological polar surface area (TPSA) is 55.3 Å². The second-order valence-corrected chi connectivity index (χ2v) is 4.89. The highest BCUT2D eigenvalue weighted by molar-refractivity contribution is 7.09. The Hall–Kier alpha value is -1.17. The largest absolute Gasteiger partial charge is 0.466 e. The van der Waals surface area contributed by atoms with E-state index in [1.54, 1.807) is 0 Å². The van der Waals surface area contributed by atoms with Crippen LogP contribution in [0.3, 0.4) is 0 Å². The fourth-order valence-corrected chi connectivity index (χ4v) is 2.73. The number of hydrogen-bond donors (Lipinski definition) is 0. The molecular weight excluding hydrogens is 238 g/mol.